The Morgan fingerprint density at radius 1 is 1.28 bits per heavy atom. The van der Waals surface area contributed by atoms with Crippen LogP contribution in [-0.4, -0.2) is 56.4 Å². The number of aromatic nitrogens is 4. The molecule has 0 saturated carbocycles. The summed E-state index contributed by atoms with van der Waals surface area (Å²) in [6, 6.07) is 5.53. The summed E-state index contributed by atoms with van der Waals surface area (Å²) in [7, 11) is 0. The Kier molecular flexibility index (Phi) is 4.60. The Morgan fingerprint density at radius 2 is 2.24 bits per heavy atom. The highest BCUT2D eigenvalue weighted by atomic mass is 16.5. The molecule has 0 N–H and O–H groups in total. The Balaban J connectivity index is 1.40. The summed E-state index contributed by atoms with van der Waals surface area (Å²) in [4.78, 5) is 18.6. The molecule has 0 bridgehead atoms. The first kappa shape index (κ1) is 16.0. The molecule has 0 aliphatic carbocycles. The lowest BCUT2D eigenvalue weighted by Crippen LogP contribution is -2.40. The Hall–Kier alpha value is -2.48. The molecular formula is C17H21N5O3. The largest absolute Gasteiger partial charge is 0.469 e. The molecular weight excluding hydrogens is 322 g/mol. The van der Waals surface area contributed by atoms with Gasteiger partial charge in [-0.2, -0.15) is 0 Å². The van der Waals surface area contributed by atoms with Gasteiger partial charge in [-0.3, -0.25) is 4.79 Å². The minimum atomic E-state index is -0.268. The van der Waals surface area contributed by atoms with Gasteiger partial charge in [-0.25, -0.2) is 4.98 Å². The molecule has 25 heavy (non-hydrogen) atoms. The van der Waals surface area contributed by atoms with Gasteiger partial charge in [0, 0.05) is 44.9 Å². The fourth-order valence-electron chi connectivity index (χ4n) is 3.26. The van der Waals surface area contributed by atoms with Gasteiger partial charge >= 0.3 is 0 Å². The van der Waals surface area contributed by atoms with Crippen molar-refractivity contribution in [2.45, 2.75) is 38.5 Å². The van der Waals surface area contributed by atoms with E-state index in [4.69, 9.17) is 9.47 Å². The summed E-state index contributed by atoms with van der Waals surface area (Å²) in [6.45, 7) is 2.95. The molecule has 1 atom stereocenters. The molecule has 2 aromatic rings. The molecule has 4 rings (SSSR count). The summed E-state index contributed by atoms with van der Waals surface area (Å²) >= 11 is 0. The molecule has 1 amide bonds. The van der Waals surface area contributed by atoms with Crippen LogP contribution in [0.25, 0.3) is 0 Å². The number of carbonyl (C=O) groups excluding carboxylic acids is 1. The van der Waals surface area contributed by atoms with Crippen molar-refractivity contribution in [2.75, 3.05) is 19.7 Å². The fourth-order valence-corrected chi connectivity index (χ4v) is 3.26. The zero-order valence-corrected chi connectivity index (χ0v) is 14.0. The van der Waals surface area contributed by atoms with Crippen LogP contribution in [-0.2, 0) is 29.1 Å². The van der Waals surface area contributed by atoms with Crippen molar-refractivity contribution in [2.24, 2.45) is 0 Å². The monoisotopic (exact) mass is 343 g/mol. The van der Waals surface area contributed by atoms with Crippen LogP contribution in [0.15, 0.2) is 24.4 Å². The van der Waals surface area contributed by atoms with Crippen LogP contribution in [0.5, 0.6) is 5.88 Å². The molecule has 0 aromatic carbocycles. The average Bonchev–Trinajstić information content (AvgIpc) is 3.26. The first-order valence-corrected chi connectivity index (χ1v) is 8.66. The highest BCUT2D eigenvalue weighted by Crippen LogP contribution is 2.17. The third-order valence-electron chi connectivity index (χ3n) is 4.61. The van der Waals surface area contributed by atoms with E-state index in [1.54, 1.807) is 6.20 Å². The molecule has 2 aliphatic rings. The minimum Gasteiger partial charge on any atom is -0.469 e. The van der Waals surface area contributed by atoms with Crippen LogP contribution >= 0.6 is 0 Å². The van der Waals surface area contributed by atoms with Crippen molar-refractivity contribution < 1.29 is 14.3 Å². The van der Waals surface area contributed by atoms with Gasteiger partial charge in [0.25, 0.3) is 5.91 Å². The van der Waals surface area contributed by atoms with Crippen molar-refractivity contribution in [3.63, 3.8) is 0 Å². The van der Waals surface area contributed by atoms with Crippen molar-refractivity contribution in [3.8, 4) is 5.88 Å². The van der Waals surface area contributed by atoms with Gasteiger partial charge in [-0.1, -0.05) is 6.07 Å². The number of pyridine rings is 1. The van der Waals surface area contributed by atoms with E-state index in [1.807, 2.05) is 27.7 Å². The van der Waals surface area contributed by atoms with Crippen LogP contribution in [0, 0.1) is 0 Å². The zero-order valence-electron chi connectivity index (χ0n) is 14.0. The van der Waals surface area contributed by atoms with E-state index in [9.17, 15) is 4.79 Å². The van der Waals surface area contributed by atoms with E-state index >= 15 is 0 Å². The number of nitrogens with zero attached hydrogens (tertiary/aromatic N) is 5. The maximum Gasteiger partial charge on any atom is 0.251 e. The standard InChI is InChI=1S/C17H21N5O3/c23-17(13-4-3-11-24-13)21-8-6-14-19-20-15(22(14)10-9-21)12-25-16-5-1-2-7-18-16/h1-2,5,7,13H,3-4,6,8-12H2/t13-/m0/s1. The number of carbonyl (C=O) groups is 1. The van der Waals surface area contributed by atoms with Crippen molar-refractivity contribution in [1.29, 1.82) is 0 Å². The topological polar surface area (TPSA) is 82.4 Å². The van der Waals surface area contributed by atoms with Crippen molar-refractivity contribution in [3.05, 3.63) is 36.0 Å². The fraction of sp³-hybridized carbons (Fsp3) is 0.529. The molecule has 2 aliphatic heterocycles. The summed E-state index contributed by atoms with van der Waals surface area (Å²) in [5, 5.41) is 8.50. The second-order valence-electron chi connectivity index (χ2n) is 6.22. The van der Waals surface area contributed by atoms with Crippen molar-refractivity contribution >= 4 is 5.91 Å². The van der Waals surface area contributed by atoms with Crippen LogP contribution < -0.4 is 4.74 Å². The third kappa shape index (κ3) is 3.48. The zero-order chi connectivity index (χ0) is 17.1. The lowest BCUT2D eigenvalue weighted by Gasteiger charge is -2.23. The van der Waals surface area contributed by atoms with Crippen LogP contribution in [0.2, 0.25) is 0 Å². The second-order valence-corrected chi connectivity index (χ2v) is 6.22. The number of rotatable bonds is 4. The maximum atomic E-state index is 12.5. The van der Waals surface area contributed by atoms with E-state index in [0.717, 1.165) is 24.5 Å². The van der Waals surface area contributed by atoms with Gasteiger partial charge in [-0.05, 0) is 18.9 Å². The van der Waals surface area contributed by atoms with Gasteiger partial charge in [-0.15, -0.1) is 10.2 Å². The number of ether oxygens (including phenoxy) is 2. The van der Waals surface area contributed by atoms with Gasteiger partial charge < -0.3 is 18.9 Å². The summed E-state index contributed by atoms with van der Waals surface area (Å²) in [5.74, 6) is 2.31. The van der Waals surface area contributed by atoms with Crippen LogP contribution in [0.4, 0.5) is 0 Å². The number of hydrogen-bond acceptors (Lipinski definition) is 6. The predicted octanol–water partition coefficient (Wildman–Crippen LogP) is 0.816. The molecule has 0 radical (unpaired) electrons. The summed E-state index contributed by atoms with van der Waals surface area (Å²) in [5.41, 5.74) is 0. The predicted molar refractivity (Wildman–Crippen MR) is 87.8 cm³/mol. The molecule has 0 spiro atoms. The first-order valence-electron chi connectivity index (χ1n) is 8.66. The van der Waals surface area contributed by atoms with Gasteiger partial charge in [0.2, 0.25) is 5.88 Å². The van der Waals surface area contributed by atoms with E-state index in [-0.39, 0.29) is 12.0 Å². The van der Waals surface area contributed by atoms with Gasteiger partial charge in [0.15, 0.2) is 5.82 Å². The third-order valence-corrected chi connectivity index (χ3v) is 4.61. The number of fused-ring (bicyclic) bond motifs is 1. The molecule has 1 saturated heterocycles. The maximum absolute atomic E-state index is 12.5. The highest BCUT2D eigenvalue weighted by molar-refractivity contribution is 5.81. The summed E-state index contributed by atoms with van der Waals surface area (Å²) in [6.07, 6.45) is 3.90. The first-order chi connectivity index (χ1) is 12.3. The Bertz CT molecular complexity index is 727. The lowest BCUT2D eigenvalue weighted by molar-refractivity contribution is -0.140. The number of hydrogen-bond donors (Lipinski definition) is 0. The minimum absolute atomic E-state index is 0.0995. The molecule has 2 aromatic heterocycles. The molecule has 8 nitrogen and oxygen atoms in total. The van der Waals surface area contributed by atoms with Crippen molar-refractivity contribution in [1.82, 2.24) is 24.6 Å². The quantitative estimate of drug-likeness (QED) is 0.817. The van der Waals surface area contributed by atoms with Crippen LogP contribution in [0.1, 0.15) is 24.5 Å². The average molecular weight is 343 g/mol. The van der Waals surface area contributed by atoms with E-state index in [2.05, 4.69) is 15.2 Å². The van der Waals surface area contributed by atoms with Gasteiger partial charge in [0.1, 0.15) is 18.5 Å². The molecule has 132 valence electrons. The summed E-state index contributed by atoms with van der Waals surface area (Å²) < 4.78 is 13.3. The lowest BCUT2D eigenvalue weighted by atomic mass is 10.2. The Labute approximate surface area is 145 Å². The smallest absolute Gasteiger partial charge is 0.251 e. The van der Waals surface area contributed by atoms with Crippen LogP contribution in [0.3, 0.4) is 0 Å². The van der Waals surface area contributed by atoms with E-state index < -0.39 is 0 Å². The normalized spacial score (nSPS) is 20.2. The van der Waals surface area contributed by atoms with E-state index in [1.165, 1.54) is 0 Å². The Morgan fingerprint density at radius 3 is 3.04 bits per heavy atom. The SMILES string of the molecule is O=C([C@@H]1CCCO1)N1CCc2nnc(COc3ccccn3)n2CC1. The number of amides is 1. The molecule has 4 heterocycles. The van der Waals surface area contributed by atoms with E-state index in [0.29, 0.717) is 45.1 Å². The molecule has 1 fully saturated rings. The molecule has 8 heteroatoms. The second kappa shape index (κ2) is 7.18. The highest BCUT2D eigenvalue weighted by Gasteiger charge is 2.30. The molecule has 0 unspecified atom stereocenters. The van der Waals surface area contributed by atoms with Gasteiger partial charge in [0.05, 0.1) is 0 Å².